The van der Waals surface area contributed by atoms with Crippen LogP contribution in [0.4, 0.5) is 0 Å². The van der Waals surface area contributed by atoms with Crippen LogP contribution in [0, 0.1) is 0 Å². The molecule has 0 fully saturated rings. The Morgan fingerprint density at radius 1 is 1.08 bits per heavy atom. The van der Waals surface area contributed by atoms with Gasteiger partial charge in [-0.15, -0.1) is 0 Å². The van der Waals surface area contributed by atoms with Crippen LogP contribution in [0.3, 0.4) is 0 Å². The van der Waals surface area contributed by atoms with Crippen LogP contribution >= 0.6 is 0 Å². The molecule has 1 atom stereocenters. The minimum atomic E-state index is -3.53. The van der Waals surface area contributed by atoms with Gasteiger partial charge in [0.15, 0.2) is 0 Å². The normalized spacial score (nSPS) is 12.8. The summed E-state index contributed by atoms with van der Waals surface area (Å²) in [6.45, 7) is 4.21. The van der Waals surface area contributed by atoms with Crippen LogP contribution in [-0.4, -0.2) is 31.7 Å². The smallest absolute Gasteiger partial charge is 0.251 e. The summed E-state index contributed by atoms with van der Waals surface area (Å²) in [6.07, 6.45) is 0.867. The van der Waals surface area contributed by atoms with Crippen molar-refractivity contribution in [3.8, 4) is 0 Å². The lowest BCUT2D eigenvalue weighted by molar-refractivity contribution is 0.0939. The van der Waals surface area contributed by atoms with E-state index in [1.165, 1.54) is 4.31 Å². The van der Waals surface area contributed by atoms with E-state index in [2.05, 4.69) is 5.32 Å². The molecule has 0 aliphatic rings. The summed E-state index contributed by atoms with van der Waals surface area (Å²) in [7, 11) is -1.98. The second kappa shape index (κ2) is 8.27. The summed E-state index contributed by atoms with van der Waals surface area (Å²) >= 11 is 0. The molecule has 0 bridgehead atoms. The number of benzene rings is 2. The zero-order valence-electron chi connectivity index (χ0n) is 14.8. The first-order valence-corrected chi connectivity index (χ1v) is 9.69. The zero-order chi connectivity index (χ0) is 18.4. The third kappa shape index (κ3) is 4.90. The first-order chi connectivity index (χ1) is 11.8. The van der Waals surface area contributed by atoms with Crippen LogP contribution in [0.5, 0.6) is 0 Å². The molecule has 0 heterocycles. The first kappa shape index (κ1) is 19.1. The van der Waals surface area contributed by atoms with Gasteiger partial charge < -0.3 is 5.32 Å². The lowest BCUT2D eigenvalue weighted by atomic mass is 10.1. The summed E-state index contributed by atoms with van der Waals surface area (Å²) in [6, 6.07) is 15.5. The SMILES string of the molecule is CC[C@H](C)NC(=O)c1ccc(CN(C)S(=O)(=O)c2ccccc2)cc1. The molecular weight excluding hydrogens is 336 g/mol. The van der Waals surface area contributed by atoms with E-state index in [1.54, 1.807) is 61.6 Å². The van der Waals surface area contributed by atoms with Crippen molar-refractivity contribution < 1.29 is 13.2 Å². The lowest BCUT2D eigenvalue weighted by Gasteiger charge is -2.17. The summed E-state index contributed by atoms with van der Waals surface area (Å²) in [5.74, 6) is -0.119. The van der Waals surface area contributed by atoms with Crippen LogP contribution in [-0.2, 0) is 16.6 Å². The van der Waals surface area contributed by atoms with E-state index in [0.29, 0.717) is 5.56 Å². The average molecular weight is 360 g/mol. The number of carbonyl (C=O) groups is 1. The number of rotatable bonds is 7. The fourth-order valence-electron chi connectivity index (χ4n) is 2.29. The maximum absolute atomic E-state index is 12.5. The molecule has 6 heteroatoms. The Morgan fingerprint density at radius 2 is 1.68 bits per heavy atom. The van der Waals surface area contributed by atoms with Crippen molar-refractivity contribution in [3.05, 3.63) is 65.7 Å². The topological polar surface area (TPSA) is 66.5 Å². The van der Waals surface area contributed by atoms with Gasteiger partial charge in [0.25, 0.3) is 5.91 Å². The molecule has 2 aromatic carbocycles. The molecule has 0 aromatic heterocycles. The number of sulfonamides is 1. The molecule has 2 rings (SSSR count). The van der Waals surface area contributed by atoms with Gasteiger partial charge in [-0.1, -0.05) is 37.3 Å². The van der Waals surface area contributed by atoms with Gasteiger partial charge in [0.1, 0.15) is 0 Å². The predicted molar refractivity (Wildman–Crippen MR) is 98.8 cm³/mol. The van der Waals surface area contributed by atoms with Crippen molar-refractivity contribution in [2.24, 2.45) is 0 Å². The van der Waals surface area contributed by atoms with Crippen molar-refractivity contribution in [1.29, 1.82) is 0 Å². The third-order valence-electron chi connectivity index (χ3n) is 4.06. The molecule has 0 spiro atoms. The lowest BCUT2D eigenvalue weighted by Crippen LogP contribution is -2.31. The molecule has 0 aliphatic carbocycles. The highest BCUT2D eigenvalue weighted by Gasteiger charge is 2.20. The molecule has 2 aromatic rings. The highest BCUT2D eigenvalue weighted by Crippen LogP contribution is 2.16. The quantitative estimate of drug-likeness (QED) is 0.825. The molecular formula is C19H24N2O3S. The number of amides is 1. The Morgan fingerprint density at radius 3 is 2.24 bits per heavy atom. The van der Waals surface area contributed by atoms with Gasteiger partial charge in [0.05, 0.1) is 4.90 Å². The Bertz CT molecular complexity index is 802. The first-order valence-electron chi connectivity index (χ1n) is 8.25. The predicted octanol–water partition coefficient (Wildman–Crippen LogP) is 3.04. The Labute approximate surface area is 149 Å². The molecule has 0 saturated heterocycles. The number of hydrogen-bond acceptors (Lipinski definition) is 3. The molecule has 0 aliphatic heterocycles. The van der Waals surface area contributed by atoms with E-state index in [1.807, 2.05) is 13.8 Å². The summed E-state index contributed by atoms with van der Waals surface area (Å²) in [5, 5.41) is 2.91. The molecule has 0 radical (unpaired) electrons. The van der Waals surface area contributed by atoms with Gasteiger partial charge in [0, 0.05) is 25.2 Å². The number of carbonyl (C=O) groups excluding carboxylic acids is 1. The van der Waals surface area contributed by atoms with Gasteiger partial charge in [0.2, 0.25) is 10.0 Å². The highest BCUT2D eigenvalue weighted by molar-refractivity contribution is 7.89. The third-order valence-corrected chi connectivity index (χ3v) is 5.88. The van der Waals surface area contributed by atoms with Crippen molar-refractivity contribution in [2.75, 3.05) is 7.05 Å². The van der Waals surface area contributed by atoms with Crippen LogP contribution in [0.25, 0.3) is 0 Å². The van der Waals surface area contributed by atoms with Crippen molar-refractivity contribution in [1.82, 2.24) is 9.62 Å². The summed E-state index contributed by atoms with van der Waals surface area (Å²) in [4.78, 5) is 12.3. The van der Waals surface area contributed by atoms with Gasteiger partial charge in [-0.2, -0.15) is 4.31 Å². The fourth-order valence-corrected chi connectivity index (χ4v) is 3.47. The summed E-state index contributed by atoms with van der Waals surface area (Å²) in [5.41, 5.74) is 1.39. The van der Waals surface area contributed by atoms with Crippen LogP contribution < -0.4 is 5.32 Å². The van der Waals surface area contributed by atoms with Crippen LogP contribution in [0.1, 0.15) is 36.2 Å². The number of nitrogens with zero attached hydrogens (tertiary/aromatic N) is 1. The van der Waals surface area contributed by atoms with Crippen molar-refractivity contribution >= 4 is 15.9 Å². The molecule has 1 N–H and O–H groups in total. The standard InChI is InChI=1S/C19H24N2O3S/c1-4-15(2)20-19(22)17-12-10-16(11-13-17)14-21(3)25(23,24)18-8-6-5-7-9-18/h5-13,15H,4,14H2,1-3H3,(H,20,22)/t15-/m0/s1. The molecule has 0 saturated carbocycles. The second-order valence-electron chi connectivity index (χ2n) is 6.05. The van der Waals surface area contributed by atoms with Crippen LogP contribution in [0.2, 0.25) is 0 Å². The molecule has 0 unspecified atom stereocenters. The van der Waals surface area contributed by atoms with Gasteiger partial charge in [-0.3, -0.25) is 4.79 Å². The Kier molecular flexibility index (Phi) is 6.33. The fraction of sp³-hybridized carbons (Fsp3) is 0.316. The largest absolute Gasteiger partial charge is 0.350 e. The minimum absolute atomic E-state index is 0.119. The number of hydrogen-bond donors (Lipinski definition) is 1. The van der Waals surface area contributed by atoms with Crippen LogP contribution in [0.15, 0.2) is 59.5 Å². The van der Waals surface area contributed by atoms with Crippen molar-refractivity contribution in [3.63, 3.8) is 0 Å². The van der Waals surface area contributed by atoms with E-state index >= 15 is 0 Å². The molecule has 134 valence electrons. The van der Waals surface area contributed by atoms with E-state index < -0.39 is 10.0 Å². The maximum atomic E-state index is 12.5. The molecule has 1 amide bonds. The van der Waals surface area contributed by atoms with Crippen molar-refractivity contribution in [2.45, 2.75) is 37.8 Å². The summed E-state index contributed by atoms with van der Waals surface area (Å²) < 4.78 is 26.4. The van der Waals surface area contributed by atoms with E-state index in [9.17, 15) is 13.2 Å². The second-order valence-corrected chi connectivity index (χ2v) is 8.10. The van der Waals surface area contributed by atoms with Gasteiger partial charge in [-0.05, 0) is 43.2 Å². The number of nitrogens with one attached hydrogen (secondary N) is 1. The Balaban J connectivity index is 2.07. The average Bonchev–Trinajstić information content (AvgIpc) is 2.62. The van der Waals surface area contributed by atoms with E-state index in [0.717, 1.165) is 12.0 Å². The van der Waals surface area contributed by atoms with Gasteiger partial charge >= 0.3 is 0 Å². The van der Waals surface area contributed by atoms with E-state index in [-0.39, 0.29) is 23.4 Å². The molecule has 5 nitrogen and oxygen atoms in total. The maximum Gasteiger partial charge on any atom is 0.251 e. The zero-order valence-corrected chi connectivity index (χ0v) is 15.6. The monoisotopic (exact) mass is 360 g/mol. The van der Waals surface area contributed by atoms with E-state index in [4.69, 9.17) is 0 Å². The minimum Gasteiger partial charge on any atom is -0.350 e. The Hall–Kier alpha value is -2.18. The highest BCUT2D eigenvalue weighted by atomic mass is 32.2. The molecule has 25 heavy (non-hydrogen) atoms. The van der Waals surface area contributed by atoms with Gasteiger partial charge in [-0.25, -0.2) is 8.42 Å².